The number of rotatable bonds is 3. The van der Waals surface area contributed by atoms with Crippen LogP contribution < -0.4 is 4.68 Å². The van der Waals surface area contributed by atoms with E-state index in [4.69, 9.17) is 0 Å². The van der Waals surface area contributed by atoms with Crippen LogP contribution in [0.5, 0.6) is 0 Å². The van der Waals surface area contributed by atoms with Crippen LogP contribution in [0.15, 0.2) is 49.1 Å². The van der Waals surface area contributed by atoms with Crippen molar-refractivity contribution >= 4 is 0 Å². The van der Waals surface area contributed by atoms with Crippen molar-refractivity contribution in [2.75, 3.05) is 0 Å². The van der Waals surface area contributed by atoms with Gasteiger partial charge in [0.25, 0.3) is 0 Å². The van der Waals surface area contributed by atoms with Gasteiger partial charge in [-0.05, 0) is 64.7 Å². The molecule has 0 saturated heterocycles. The summed E-state index contributed by atoms with van der Waals surface area (Å²) in [6.45, 7) is 8.84. The maximum Gasteiger partial charge on any atom is 0.306 e. The maximum absolute atomic E-state index is 4.23. The molecule has 3 nitrogen and oxygen atoms in total. The van der Waals surface area contributed by atoms with E-state index in [0.717, 1.165) is 0 Å². The van der Waals surface area contributed by atoms with Gasteiger partial charge in [-0.2, -0.15) is 4.68 Å². The number of nitrogens with zero attached hydrogens (tertiary/aromatic N) is 3. The third-order valence-corrected chi connectivity index (χ3v) is 4.42. The number of hydrogen-bond acceptors (Lipinski definition) is 1. The molecule has 0 unspecified atom stereocenters. The molecule has 0 saturated carbocycles. The summed E-state index contributed by atoms with van der Waals surface area (Å²) in [6, 6.07) is 13.2. The molecule has 0 N–H and O–H groups in total. The van der Waals surface area contributed by atoms with E-state index in [1.165, 1.54) is 33.5 Å². The van der Waals surface area contributed by atoms with Crippen molar-refractivity contribution < 1.29 is 4.68 Å². The molecule has 1 aromatic heterocycles. The van der Waals surface area contributed by atoms with Gasteiger partial charge in [-0.3, -0.25) is 0 Å². The minimum absolute atomic E-state index is 0.441. The molecular formula is C20H24N3+. The summed E-state index contributed by atoms with van der Waals surface area (Å²) >= 11 is 0. The highest BCUT2D eigenvalue weighted by Gasteiger charge is 2.16. The van der Waals surface area contributed by atoms with Crippen LogP contribution in [0.1, 0.15) is 36.5 Å². The van der Waals surface area contributed by atoms with Gasteiger partial charge in [-0.25, -0.2) is 0 Å². The monoisotopic (exact) mass is 306 g/mol. The number of benzene rings is 2. The zero-order valence-electron chi connectivity index (χ0n) is 14.5. The first-order valence-electron chi connectivity index (χ1n) is 8.08. The third-order valence-electron chi connectivity index (χ3n) is 4.42. The lowest BCUT2D eigenvalue weighted by Gasteiger charge is -2.16. The molecule has 3 heteroatoms. The van der Waals surface area contributed by atoms with E-state index in [-0.39, 0.29) is 0 Å². The molecule has 0 aliphatic carbocycles. The number of aryl methyl sites for hydroxylation is 3. The van der Waals surface area contributed by atoms with E-state index < -0.39 is 0 Å². The Hall–Kier alpha value is -2.42. The van der Waals surface area contributed by atoms with Gasteiger partial charge in [0.05, 0.1) is 5.69 Å². The molecule has 1 heterocycles. The van der Waals surface area contributed by atoms with Crippen LogP contribution >= 0.6 is 0 Å². The van der Waals surface area contributed by atoms with Crippen LogP contribution in [0.4, 0.5) is 0 Å². The van der Waals surface area contributed by atoms with Gasteiger partial charge in [-0.1, -0.05) is 38.1 Å². The Morgan fingerprint density at radius 1 is 1.04 bits per heavy atom. The van der Waals surface area contributed by atoms with Crippen LogP contribution in [-0.4, -0.2) is 9.67 Å². The fraction of sp³-hybridized carbons (Fsp3) is 0.300. The molecule has 0 aliphatic heterocycles. The Morgan fingerprint density at radius 2 is 1.74 bits per heavy atom. The smallest absolute Gasteiger partial charge is 0.155 e. The third kappa shape index (κ3) is 2.79. The lowest BCUT2D eigenvalue weighted by atomic mass is 9.91. The van der Waals surface area contributed by atoms with Crippen molar-refractivity contribution in [3.8, 4) is 16.8 Å². The van der Waals surface area contributed by atoms with E-state index in [0.29, 0.717) is 5.92 Å². The molecule has 0 aliphatic rings. The molecule has 3 rings (SSSR count). The van der Waals surface area contributed by atoms with Crippen LogP contribution in [0, 0.1) is 13.8 Å². The Bertz CT molecular complexity index is 824. The summed E-state index contributed by atoms with van der Waals surface area (Å²) in [6.07, 6.45) is 3.68. The average Bonchev–Trinajstić information content (AvgIpc) is 2.93. The van der Waals surface area contributed by atoms with E-state index in [2.05, 4.69) is 73.8 Å². The van der Waals surface area contributed by atoms with Gasteiger partial charge in [0.15, 0.2) is 0 Å². The van der Waals surface area contributed by atoms with E-state index in [1.807, 2.05) is 24.4 Å². The summed E-state index contributed by atoms with van der Waals surface area (Å²) in [5.74, 6) is 0.441. The summed E-state index contributed by atoms with van der Waals surface area (Å²) < 4.78 is 4.09. The largest absolute Gasteiger partial charge is 0.306 e. The summed E-state index contributed by atoms with van der Waals surface area (Å²) in [7, 11) is 2.01. The SMILES string of the molecule is Cc1cccc(C)c1-c1ccc(-n2cnc[n+]2C)c(C(C)C)c1. The normalized spacial score (nSPS) is 11.2. The second kappa shape index (κ2) is 5.99. The maximum atomic E-state index is 4.23. The number of aromatic nitrogens is 3. The van der Waals surface area contributed by atoms with Crippen LogP contribution in [-0.2, 0) is 7.05 Å². The zero-order chi connectivity index (χ0) is 16.6. The molecular weight excluding hydrogens is 282 g/mol. The first-order chi connectivity index (χ1) is 11.0. The molecule has 0 bridgehead atoms. The van der Waals surface area contributed by atoms with E-state index in [9.17, 15) is 0 Å². The standard InChI is InChI=1S/C20H24N3/c1-14(2)18-11-17(20-15(3)7-6-8-16(20)4)9-10-19(18)23-13-21-12-22(23)5/h6-14H,1-5H3/q+1. The fourth-order valence-electron chi connectivity index (χ4n) is 3.21. The molecule has 2 aromatic carbocycles. The molecule has 0 radical (unpaired) electrons. The lowest BCUT2D eigenvalue weighted by Crippen LogP contribution is -2.37. The second-order valence-corrected chi connectivity index (χ2v) is 6.49. The molecule has 0 spiro atoms. The predicted octanol–water partition coefficient (Wildman–Crippen LogP) is 4.10. The highest BCUT2D eigenvalue weighted by Crippen LogP contribution is 2.32. The second-order valence-electron chi connectivity index (χ2n) is 6.49. The Labute approximate surface area is 138 Å². The average molecular weight is 306 g/mol. The number of hydrogen-bond donors (Lipinski definition) is 0. The van der Waals surface area contributed by atoms with Crippen molar-refractivity contribution in [2.24, 2.45) is 7.05 Å². The minimum Gasteiger partial charge on any atom is -0.155 e. The predicted molar refractivity (Wildman–Crippen MR) is 93.7 cm³/mol. The van der Waals surface area contributed by atoms with Gasteiger partial charge < -0.3 is 0 Å². The van der Waals surface area contributed by atoms with Crippen molar-refractivity contribution in [1.29, 1.82) is 0 Å². The molecule has 118 valence electrons. The molecule has 0 atom stereocenters. The summed E-state index contributed by atoms with van der Waals surface area (Å²) in [5, 5.41) is 0. The lowest BCUT2D eigenvalue weighted by molar-refractivity contribution is -0.745. The van der Waals surface area contributed by atoms with Gasteiger partial charge in [-0.15, -0.1) is 4.68 Å². The van der Waals surface area contributed by atoms with Gasteiger partial charge in [0.2, 0.25) is 6.33 Å². The summed E-state index contributed by atoms with van der Waals surface area (Å²) in [5.41, 5.74) is 7.79. The molecule has 0 fully saturated rings. The minimum atomic E-state index is 0.441. The quantitative estimate of drug-likeness (QED) is 0.668. The zero-order valence-corrected chi connectivity index (χ0v) is 14.5. The molecule has 3 aromatic rings. The van der Waals surface area contributed by atoms with Gasteiger partial charge >= 0.3 is 6.33 Å². The first-order valence-corrected chi connectivity index (χ1v) is 8.08. The van der Waals surface area contributed by atoms with Crippen molar-refractivity contribution in [2.45, 2.75) is 33.6 Å². The van der Waals surface area contributed by atoms with E-state index in [1.54, 1.807) is 0 Å². The van der Waals surface area contributed by atoms with Crippen LogP contribution in [0.3, 0.4) is 0 Å². The highest BCUT2D eigenvalue weighted by molar-refractivity contribution is 5.72. The highest BCUT2D eigenvalue weighted by atomic mass is 15.4. The van der Waals surface area contributed by atoms with Crippen molar-refractivity contribution in [1.82, 2.24) is 9.67 Å². The van der Waals surface area contributed by atoms with Crippen molar-refractivity contribution in [3.63, 3.8) is 0 Å². The van der Waals surface area contributed by atoms with Crippen LogP contribution in [0.25, 0.3) is 16.8 Å². The Morgan fingerprint density at radius 3 is 2.30 bits per heavy atom. The Balaban J connectivity index is 2.20. The van der Waals surface area contributed by atoms with Crippen molar-refractivity contribution in [3.05, 3.63) is 65.7 Å². The topological polar surface area (TPSA) is 21.7 Å². The molecule has 0 amide bonds. The Kier molecular flexibility index (Phi) is 4.03. The molecule has 23 heavy (non-hydrogen) atoms. The van der Waals surface area contributed by atoms with Gasteiger partial charge in [0.1, 0.15) is 7.05 Å². The summed E-state index contributed by atoms with van der Waals surface area (Å²) in [4.78, 5) is 4.23. The van der Waals surface area contributed by atoms with Gasteiger partial charge in [0, 0.05) is 0 Å². The van der Waals surface area contributed by atoms with Crippen LogP contribution in [0.2, 0.25) is 0 Å². The fourth-order valence-corrected chi connectivity index (χ4v) is 3.21. The first kappa shape index (κ1) is 15.5. The van der Waals surface area contributed by atoms with E-state index >= 15 is 0 Å².